The van der Waals surface area contributed by atoms with Gasteiger partial charge in [-0.1, -0.05) is 19.1 Å². The van der Waals surface area contributed by atoms with E-state index in [2.05, 4.69) is 23.1 Å². The zero-order valence-electron chi connectivity index (χ0n) is 14.3. The zero-order chi connectivity index (χ0) is 17.1. The molecule has 0 bridgehead atoms. The molecule has 1 unspecified atom stereocenters. The molecule has 0 radical (unpaired) electrons. The van der Waals surface area contributed by atoms with Crippen molar-refractivity contribution in [1.82, 2.24) is 4.90 Å². The van der Waals surface area contributed by atoms with Gasteiger partial charge in [0.25, 0.3) is 0 Å². The van der Waals surface area contributed by atoms with Gasteiger partial charge in [-0.15, -0.1) is 0 Å². The fraction of sp³-hybridized carbons (Fsp3) is 0.579. The molecule has 24 heavy (non-hydrogen) atoms. The molecule has 1 N–H and O–H groups in total. The molecule has 5 heteroatoms. The Morgan fingerprint density at radius 3 is 2.88 bits per heavy atom. The van der Waals surface area contributed by atoms with Crippen molar-refractivity contribution in [3.8, 4) is 0 Å². The fourth-order valence-electron chi connectivity index (χ4n) is 3.81. The van der Waals surface area contributed by atoms with Gasteiger partial charge in [0.1, 0.15) is 0 Å². The predicted molar refractivity (Wildman–Crippen MR) is 93.3 cm³/mol. The molecule has 130 valence electrons. The summed E-state index contributed by atoms with van der Waals surface area (Å²) in [5.74, 6) is -0.695. The van der Waals surface area contributed by atoms with E-state index in [1.54, 1.807) is 0 Å². The number of amides is 1. The molecule has 1 fully saturated rings. The van der Waals surface area contributed by atoms with Crippen molar-refractivity contribution in [3.63, 3.8) is 0 Å². The molecule has 0 spiro atoms. The molecule has 2 aliphatic rings. The number of carbonyl (C=O) groups excluding carboxylic acids is 1. The number of hydrogen-bond donors (Lipinski definition) is 1. The third-order valence-corrected chi connectivity index (χ3v) is 5.21. The lowest BCUT2D eigenvalue weighted by atomic mass is 9.97. The minimum Gasteiger partial charge on any atom is -0.481 e. The topological polar surface area (TPSA) is 60.9 Å². The maximum absolute atomic E-state index is 12.0. The number of benzene rings is 1. The molecular weight excluding hydrogens is 304 g/mol. The number of anilines is 1. The van der Waals surface area contributed by atoms with Crippen LogP contribution in [0, 0.1) is 5.92 Å². The molecule has 3 rings (SSSR count). The number of carbonyl (C=O) groups is 2. The highest BCUT2D eigenvalue weighted by Gasteiger charge is 2.26. The van der Waals surface area contributed by atoms with Gasteiger partial charge in [-0.25, -0.2) is 0 Å². The van der Waals surface area contributed by atoms with E-state index >= 15 is 0 Å². The number of carboxylic acid groups (broad SMARTS) is 1. The van der Waals surface area contributed by atoms with Gasteiger partial charge in [-0.3, -0.25) is 9.59 Å². The molecule has 1 saturated heterocycles. The Morgan fingerprint density at radius 1 is 1.29 bits per heavy atom. The minimum absolute atomic E-state index is 0.189. The summed E-state index contributed by atoms with van der Waals surface area (Å²) in [5, 5.41) is 9.18. The number of likely N-dealkylation sites (tertiary alicyclic amines) is 1. The molecular formula is C19H26N2O3. The Hall–Kier alpha value is -1.88. The van der Waals surface area contributed by atoms with Gasteiger partial charge in [0.2, 0.25) is 5.91 Å². The molecule has 1 aromatic rings. The highest BCUT2D eigenvalue weighted by molar-refractivity contribution is 5.95. The number of fused-ring (bicyclic) bond motifs is 1. The molecule has 5 nitrogen and oxygen atoms in total. The van der Waals surface area contributed by atoms with Crippen molar-refractivity contribution in [2.75, 3.05) is 31.1 Å². The summed E-state index contributed by atoms with van der Waals surface area (Å²) in [6.07, 6.45) is 4.17. The van der Waals surface area contributed by atoms with Gasteiger partial charge >= 0.3 is 5.97 Å². The molecule has 0 aliphatic carbocycles. The van der Waals surface area contributed by atoms with Crippen LogP contribution in [-0.2, 0) is 22.4 Å². The van der Waals surface area contributed by atoms with Gasteiger partial charge in [-0.05, 0) is 49.4 Å². The average molecular weight is 330 g/mol. The van der Waals surface area contributed by atoms with Crippen LogP contribution in [0.3, 0.4) is 0 Å². The van der Waals surface area contributed by atoms with E-state index in [0.717, 1.165) is 51.0 Å². The van der Waals surface area contributed by atoms with E-state index in [1.165, 1.54) is 11.1 Å². The quantitative estimate of drug-likeness (QED) is 0.900. The Bertz CT molecular complexity index is 629. The largest absolute Gasteiger partial charge is 0.481 e. The van der Waals surface area contributed by atoms with Crippen LogP contribution in [0.15, 0.2) is 18.2 Å². The van der Waals surface area contributed by atoms with Gasteiger partial charge in [0, 0.05) is 31.7 Å². The summed E-state index contributed by atoms with van der Waals surface area (Å²) in [6.45, 7) is 5.25. The number of rotatable bonds is 5. The van der Waals surface area contributed by atoms with Gasteiger partial charge in [-0.2, -0.15) is 0 Å². The Balaban J connectivity index is 1.59. The van der Waals surface area contributed by atoms with Crippen molar-refractivity contribution in [2.24, 2.45) is 5.92 Å². The van der Waals surface area contributed by atoms with Crippen molar-refractivity contribution < 1.29 is 14.7 Å². The Morgan fingerprint density at radius 2 is 2.12 bits per heavy atom. The molecule has 0 aromatic heterocycles. The smallest absolute Gasteiger partial charge is 0.307 e. The summed E-state index contributed by atoms with van der Waals surface area (Å²) in [5.41, 5.74) is 3.60. The standard InChI is InChI=1S/C19H26N2O3/c1-2-18(22)21-11-8-15-12-14(5-6-17(15)21)7-10-20-9-3-4-16(13-20)19(23)24/h5-6,12,16H,2-4,7-11,13H2,1H3,(H,23,24). The lowest BCUT2D eigenvalue weighted by molar-refractivity contribution is -0.143. The summed E-state index contributed by atoms with van der Waals surface area (Å²) in [6, 6.07) is 6.40. The van der Waals surface area contributed by atoms with Crippen LogP contribution in [0.2, 0.25) is 0 Å². The van der Waals surface area contributed by atoms with Crippen LogP contribution < -0.4 is 4.90 Å². The lowest BCUT2D eigenvalue weighted by Gasteiger charge is -2.30. The van der Waals surface area contributed by atoms with Crippen molar-refractivity contribution in [2.45, 2.75) is 39.0 Å². The lowest BCUT2D eigenvalue weighted by Crippen LogP contribution is -2.39. The summed E-state index contributed by atoms with van der Waals surface area (Å²) >= 11 is 0. The molecule has 1 amide bonds. The molecule has 1 atom stereocenters. The number of carboxylic acids is 1. The van der Waals surface area contributed by atoms with Gasteiger partial charge in [0.05, 0.1) is 5.92 Å². The molecule has 2 aliphatic heterocycles. The zero-order valence-corrected chi connectivity index (χ0v) is 14.3. The van der Waals surface area contributed by atoms with Crippen molar-refractivity contribution in [1.29, 1.82) is 0 Å². The average Bonchev–Trinajstić information content (AvgIpc) is 3.02. The van der Waals surface area contributed by atoms with Gasteiger partial charge < -0.3 is 14.9 Å². The number of hydrogen-bond acceptors (Lipinski definition) is 3. The number of piperidine rings is 1. The maximum Gasteiger partial charge on any atom is 0.307 e. The van der Waals surface area contributed by atoms with Crippen LogP contribution in [-0.4, -0.2) is 48.1 Å². The molecule has 0 saturated carbocycles. The third kappa shape index (κ3) is 3.61. The van der Waals surface area contributed by atoms with E-state index in [9.17, 15) is 14.7 Å². The van der Waals surface area contributed by atoms with Crippen LogP contribution in [0.4, 0.5) is 5.69 Å². The second-order valence-corrected chi connectivity index (χ2v) is 6.84. The maximum atomic E-state index is 12.0. The first-order valence-electron chi connectivity index (χ1n) is 8.95. The van der Waals surface area contributed by atoms with Crippen molar-refractivity contribution >= 4 is 17.6 Å². The van der Waals surface area contributed by atoms with E-state index in [1.807, 2.05) is 11.8 Å². The first-order chi connectivity index (χ1) is 11.6. The van der Waals surface area contributed by atoms with Crippen molar-refractivity contribution in [3.05, 3.63) is 29.3 Å². The second kappa shape index (κ2) is 7.34. The highest BCUT2D eigenvalue weighted by atomic mass is 16.4. The first kappa shape index (κ1) is 17.0. The number of nitrogens with zero attached hydrogens (tertiary/aromatic N) is 2. The van der Waals surface area contributed by atoms with E-state index in [4.69, 9.17) is 0 Å². The first-order valence-corrected chi connectivity index (χ1v) is 8.95. The summed E-state index contributed by atoms with van der Waals surface area (Å²) < 4.78 is 0. The second-order valence-electron chi connectivity index (χ2n) is 6.84. The molecule has 2 heterocycles. The third-order valence-electron chi connectivity index (χ3n) is 5.21. The Kier molecular flexibility index (Phi) is 5.19. The number of aliphatic carboxylic acids is 1. The van der Waals surface area contributed by atoms with Crippen LogP contribution in [0.1, 0.15) is 37.3 Å². The van der Waals surface area contributed by atoms with Crippen LogP contribution in [0.5, 0.6) is 0 Å². The fourth-order valence-corrected chi connectivity index (χ4v) is 3.81. The highest BCUT2D eigenvalue weighted by Crippen LogP contribution is 2.29. The van der Waals surface area contributed by atoms with E-state index in [0.29, 0.717) is 13.0 Å². The summed E-state index contributed by atoms with van der Waals surface area (Å²) in [4.78, 5) is 27.3. The Labute approximate surface area is 143 Å². The summed E-state index contributed by atoms with van der Waals surface area (Å²) in [7, 11) is 0. The van der Waals surface area contributed by atoms with E-state index in [-0.39, 0.29) is 11.8 Å². The molecule has 1 aromatic carbocycles. The SMILES string of the molecule is CCC(=O)N1CCc2cc(CCN3CCCC(C(=O)O)C3)ccc21. The van der Waals surface area contributed by atoms with Gasteiger partial charge in [0.15, 0.2) is 0 Å². The minimum atomic E-state index is -0.669. The monoisotopic (exact) mass is 330 g/mol. The van der Waals surface area contributed by atoms with Crippen LogP contribution >= 0.6 is 0 Å². The normalized spacial score (nSPS) is 20.9. The predicted octanol–water partition coefficient (Wildman–Crippen LogP) is 2.32. The van der Waals surface area contributed by atoms with E-state index < -0.39 is 5.97 Å². The van der Waals surface area contributed by atoms with Crippen LogP contribution in [0.25, 0.3) is 0 Å².